The van der Waals surface area contributed by atoms with E-state index in [0.717, 1.165) is 13.1 Å². The fourth-order valence-electron chi connectivity index (χ4n) is 2.05. The van der Waals surface area contributed by atoms with Gasteiger partial charge in [0, 0.05) is 19.0 Å². The Labute approximate surface area is 98.3 Å². The molecule has 0 bridgehead atoms. The topological polar surface area (TPSA) is 58.4 Å². The van der Waals surface area contributed by atoms with E-state index >= 15 is 0 Å². The number of carbonyl (C=O) groups is 1. The van der Waals surface area contributed by atoms with Crippen molar-refractivity contribution in [2.24, 2.45) is 5.73 Å². The van der Waals surface area contributed by atoms with Gasteiger partial charge in [0.15, 0.2) is 0 Å². The molecule has 0 saturated carbocycles. The van der Waals surface area contributed by atoms with Crippen LogP contribution in [0.15, 0.2) is 0 Å². The normalized spacial score (nSPS) is 18.6. The molecule has 0 aromatic rings. The number of amides is 1. The minimum atomic E-state index is -4.23. The molecule has 3 N–H and O–H groups in total. The fourth-order valence-corrected chi connectivity index (χ4v) is 2.05. The highest BCUT2D eigenvalue weighted by Gasteiger charge is 2.34. The van der Waals surface area contributed by atoms with Gasteiger partial charge in [0.1, 0.15) is 0 Å². The van der Waals surface area contributed by atoms with Crippen molar-refractivity contribution in [1.29, 1.82) is 0 Å². The highest BCUT2D eigenvalue weighted by molar-refractivity contribution is 5.73. The molecule has 1 heterocycles. The van der Waals surface area contributed by atoms with Gasteiger partial charge < -0.3 is 11.1 Å². The van der Waals surface area contributed by atoms with E-state index in [2.05, 4.69) is 5.32 Å². The van der Waals surface area contributed by atoms with Crippen LogP contribution in [0.2, 0.25) is 0 Å². The average Bonchev–Trinajstić information content (AvgIpc) is 2.24. The van der Waals surface area contributed by atoms with Crippen LogP contribution in [0, 0.1) is 0 Å². The monoisotopic (exact) mass is 253 g/mol. The second kappa shape index (κ2) is 6.20. The zero-order valence-corrected chi connectivity index (χ0v) is 9.59. The quantitative estimate of drug-likeness (QED) is 0.749. The predicted octanol–water partition coefficient (Wildman–Crippen LogP) is 0.478. The number of halogens is 3. The lowest BCUT2D eigenvalue weighted by Gasteiger charge is -2.34. The van der Waals surface area contributed by atoms with E-state index in [1.807, 2.05) is 0 Å². The second-order valence-corrected chi connectivity index (χ2v) is 4.28. The van der Waals surface area contributed by atoms with Crippen LogP contribution < -0.4 is 11.1 Å². The maximum atomic E-state index is 12.4. The number of hydrogen-bond donors (Lipinski definition) is 2. The molecule has 0 aliphatic carbocycles. The molecule has 0 radical (unpaired) electrons. The van der Waals surface area contributed by atoms with E-state index in [1.54, 1.807) is 0 Å². The lowest BCUT2D eigenvalue weighted by Crippen LogP contribution is -2.47. The van der Waals surface area contributed by atoms with Crippen LogP contribution >= 0.6 is 0 Å². The first-order chi connectivity index (χ1) is 7.88. The van der Waals surface area contributed by atoms with Crippen molar-refractivity contribution in [3.05, 3.63) is 0 Å². The molecule has 1 aliphatic rings. The summed E-state index contributed by atoms with van der Waals surface area (Å²) in [6, 6.07) is -0.114. The van der Waals surface area contributed by atoms with Crippen molar-refractivity contribution in [1.82, 2.24) is 10.2 Å². The number of hydrogen-bond acceptors (Lipinski definition) is 3. The molecule has 1 fully saturated rings. The highest BCUT2D eigenvalue weighted by Crippen LogP contribution is 2.21. The lowest BCUT2D eigenvalue weighted by atomic mass is 10.0. The molecule has 0 aromatic carbocycles. The summed E-state index contributed by atoms with van der Waals surface area (Å²) in [7, 11) is 0. The molecule has 7 heteroatoms. The molecule has 1 saturated heterocycles. The number of nitrogens with two attached hydrogens (primary N) is 1. The summed E-state index contributed by atoms with van der Waals surface area (Å²) < 4.78 is 37.2. The highest BCUT2D eigenvalue weighted by atomic mass is 19.4. The van der Waals surface area contributed by atoms with E-state index < -0.39 is 18.6 Å². The Balaban J connectivity index is 2.53. The van der Waals surface area contributed by atoms with Gasteiger partial charge >= 0.3 is 6.18 Å². The first-order valence-electron chi connectivity index (χ1n) is 5.68. The van der Waals surface area contributed by atoms with Gasteiger partial charge in [-0.25, -0.2) is 0 Å². The number of carbonyl (C=O) groups excluding carboxylic acids is 1. The van der Waals surface area contributed by atoms with Gasteiger partial charge in [-0.05, 0) is 25.9 Å². The zero-order valence-electron chi connectivity index (χ0n) is 9.59. The number of nitrogens with one attached hydrogen (secondary N) is 1. The van der Waals surface area contributed by atoms with Crippen LogP contribution in [-0.4, -0.2) is 49.2 Å². The van der Waals surface area contributed by atoms with E-state index in [-0.39, 0.29) is 19.0 Å². The lowest BCUT2D eigenvalue weighted by molar-refractivity contribution is -0.153. The number of nitrogens with zero attached hydrogens (tertiary/aromatic N) is 1. The SMILES string of the molecule is NC(=O)CCN(CC(F)(F)F)C1CCNCC1. The van der Waals surface area contributed by atoms with Crippen LogP contribution in [0.1, 0.15) is 19.3 Å². The molecular weight excluding hydrogens is 235 g/mol. The summed E-state index contributed by atoms with van der Waals surface area (Å²) in [6.45, 7) is 0.551. The number of primary amides is 1. The number of piperidine rings is 1. The van der Waals surface area contributed by atoms with E-state index in [4.69, 9.17) is 5.73 Å². The van der Waals surface area contributed by atoms with Gasteiger partial charge in [-0.2, -0.15) is 13.2 Å². The molecule has 100 valence electrons. The largest absolute Gasteiger partial charge is 0.401 e. The molecule has 4 nitrogen and oxygen atoms in total. The van der Waals surface area contributed by atoms with Crippen LogP contribution in [0.5, 0.6) is 0 Å². The Bertz CT molecular complexity index is 252. The van der Waals surface area contributed by atoms with Crippen molar-refractivity contribution in [3.8, 4) is 0 Å². The Morgan fingerprint density at radius 2 is 1.94 bits per heavy atom. The summed E-state index contributed by atoms with van der Waals surface area (Å²) in [5.41, 5.74) is 4.97. The van der Waals surface area contributed by atoms with E-state index in [1.165, 1.54) is 4.90 Å². The minimum Gasteiger partial charge on any atom is -0.370 e. The molecule has 17 heavy (non-hydrogen) atoms. The molecule has 1 amide bonds. The Morgan fingerprint density at radius 3 is 2.41 bits per heavy atom. The summed E-state index contributed by atoms with van der Waals surface area (Å²) in [5.74, 6) is -0.564. The van der Waals surface area contributed by atoms with Crippen molar-refractivity contribution in [2.75, 3.05) is 26.2 Å². The van der Waals surface area contributed by atoms with Crippen molar-refractivity contribution < 1.29 is 18.0 Å². The zero-order chi connectivity index (χ0) is 12.9. The van der Waals surface area contributed by atoms with Gasteiger partial charge in [0.2, 0.25) is 5.91 Å². The third-order valence-electron chi connectivity index (χ3n) is 2.85. The van der Waals surface area contributed by atoms with Crippen molar-refractivity contribution in [2.45, 2.75) is 31.5 Å². The number of rotatable bonds is 5. The maximum Gasteiger partial charge on any atom is 0.401 e. The van der Waals surface area contributed by atoms with Gasteiger partial charge in [-0.15, -0.1) is 0 Å². The smallest absolute Gasteiger partial charge is 0.370 e. The second-order valence-electron chi connectivity index (χ2n) is 4.28. The van der Waals surface area contributed by atoms with Crippen molar-refractivity contribution in [3.63, 3.8) is 0 Å². The third kappa shape index (κ3) is 5.88. The van der Waals surface area contributed by atoms with E-state index in [0.29, 0.717) is 12.8 Å². The minimum absolute atomic E-state index is 0.0278. The molecule has 0 aromatic heterocycles. The Kier molecular flexibility index (Phi) is 5.20. The molecular formula is C10H18F3N3O. The van der Waals surface area contributed by atoms with Crippen LogP contribution in [0.3, 0.4) is 0 Å². The van der Waals surface area contributed by atoms with E-state index in [9.17, 15) is 18.0 Å². The Hall–Kier alpha value is -0.820. The van der Waals surface area contributed by atoms with Gasteiger partial charge in [-0.1, -0.05) is 0 Å². The first kappa shape index (κ1) is 14.2. The standard InChI is InChI=1S/C10H18F3N3O/c11-10(12,13)7-16(6-3-9(14)17)8-1-4-15-5-2-8/h8,15H,1-7H2,(H2,14,17). The third-order valence-corrected chi connectivity index (χ3v) is 2.85. The molecule has 0 unspecified atom stereocenters. The van der Waals surface area contributed by atoms with Gasteiger partial charge in [0.25, 0.3) is 0 Å². The van der Waals surface area contributed by atoms with Crippen LogP contribution in [0.25, 0.3) is 0 Å². The first-order valence-corrected chi connectivity index (χ1v) is 5.68. The molecule has 0 atom stereocenters. The van der Waals surface area contributed by atoms with Gasteiger partial charge in [0.05, 0.1) is 6.54 Å². The average molecular weight is 253 g/mol. The molecule has 1 rings (SSSR count). The van der Waals surface area contributed by atoms with Crippen LogP contribution in [-0.2, 0) is 4.79 Å². The van der Waals surface area contributed by atoms with Gasteiger partial charge in [-0.3, -0.25) is 9.69 Å². The summed E-state index contributed by atoms with van der Waals surface area (Å²) in [5, 5.41) is 3.10. The summed E-state index contributed by atoms with van der Waals surface area (Å²) >= 11 is 0. The van der Waals surface area contributed by atoms with Crippen molar-refractivity contribution >= 4 is 5.91 Å². The van der Waals surface area contributed by atoms with Crippen LogP contribution in [0.4, 0.5) is 13.2 Å². The fraction of sp³-hybridized carbons (Fsp3) is 0.900. The Morgan fingerprint density at radius 1 is 1.35 bits per heavy atom. The molecule has 1 aliphatic heterocycles. The predicted molar refractivity (Wildman–Crippen MR) is 57.3 cm³/mol. The summed E-state index contributed by atoms with van der Waals surface area (Å²) in [4.78, 5) is 12.0. The maximum absolute atomic E-state index is 12.4. The summed E-state index contributed by atoms with van der Waals surface area (Å²) in [6.07, 6.45) is -2.91. The number of alkyl halides is 3. The molecule has 0 spiro atoms.